The molecule has 0 radical (unpaired) electrons. The summed E-state index contributed by atoms with van der Waals surface area (Å²) in [6.07, 6.45) is 0.797. The highest BCUT2D eigenvalue weighted by molar-refractivity contribution is 9.10. The summed E-state index contributed by atoms with van der Waals surface area (Å²) in [6, 6.07) is 1.76. The molecule has 58 valence electrons. The van der Waals surface area contributed by atoms with Gasteiger partial charge in [0, 0.05) is 16.9 Å². The van der Waals surface area contributed by atoms with Crippen molar-refractivity contribution in [2.45, 2.75) is 11.2 Å². The van der Waals surface area contributed by atoms with Crippen molar-refractivity contribution in [2.75, 3.05) is 0 Å². The molecule has 4 heteroatoms. The molecule has 1 heterocycles. The lowest BCUT2D eigenvalue weighted by Gasteiger charge is -1.92. The van der Waals surface area contributed by atoms with Crippen molar-refractivity contribution in [3.63, 3.8) is 0 Å². The van der Waals surface area contributed by atoms with E-state index in [1.807, 2.05) is 0 Å². The van der Waals surface area contributed by atoms with Crippen LogP contribution in [0.15, 0.2) is 6.07 Å². The maximum Gasteiger partial charge on any atom is 0.177 e. The minimum atomic E-state index is -0.0129. The van der Waals surface area contributed by atoms with E-state index in [0.717, 1.165) is 16.9 Å². The molecule has 0 N–H and O–H groups in total. The Morgan fingerprint density at radius 2 is 2.45 bits per heavy atom. The van der Waals surface area contributed by atoms with Crippen LogP contribution in [0.4, 0.5) is 0 Å². The van der Waals surface area contributed by atoms with Gasteiger partial charge in [-0.1, -0.05) is 27.5 Å². The predicted octanol–water partition coefficient (Wildman–Crippen LogP) is 2.90. The average molecular weight is 252 g/mol. The zero-order valence-corrected chi connectivity index (χ0v) is 8.59. The van der Waals surface area contributed by atoms with Crippen LogP contribution in [0.5, 0.6) is 0 Å². The van der Waals surface area contributed by atoms with E-state index < -0.39 is 0 Å². The number of thiophene rings is 1. The molecule has 0 unspecified atom stereocenters. The smallest absolute Gasteiger partial charge is 0.177 e. The fraction of sp³-hybridized carbons (Fsp3) is 0.286. The highest BCUT2D eigenvalue weighted by Gasteiger charge is 2.30. The normalized spacial score (nSPS) is 22.4. The summed E-state index contributed by atoms with van der Waals surface area (Å²) >= 11 is 10.5. The summed E-state index contributed by atoms with van der Waals surface area (Å²) in [4.78, 5) is 12.4. The highest BCUT2D eigenvalue weighted by Crippen LogP contribution is 2.35. The molecule has 11 heavy (non-hydrogen) atoms. The van der Waals surface area contributed by atoms with Gasteiger partial charge in [0.2, 0.25) is 0 Å². The molecule has 1 aliphatic rings. The number of ketones is 1. The first-order valence-corrected chi connectivity index (χ1v) is 5.26. The summed E-state index contributed by atoms with van der Waals surface area (Å²) in [5.41, 5.74) is 0.807. The van der Waals surface area contributed by atoms with Gasteiger partial charge in [-0.15, -0.1) is 11.3 Å². The lowest BCUT2D eigenvalue weighted by Crippen LogP contribution is -2.06. The fourth-order valence-electron chi connectivity index (χ4n) is 1.18. The monoisotopic (exact) mass is 250 g/mol. The van der Waals surface area contributed by atoms with E-state index in [2.05, 4.69) is 15.9 Å². The summed E-state index contributed by atoms with van der Waals surface area (Å²) in [6.45, 7) is 0. The van der Waals surface area contributed by atoms with Crippen molar-refractivity contribution in [1.82, 2.24) is 0 Å². The van der Waals surface area contributed by atoms with E-state index in [0.29, 0.717) is 4.34 Å². The van der Waals surface area contributed by atoms with Gasteiger partial charge in [0.05, 0.1) is 9.16 Å². The zero-order chi connectivity index (χ0) is 8.01. The van der Waals surface area contributed by atoms with Crippen molar-refractivity contribution in [2.24, 2.45) is 0 Å². The lowest BCUT2D eigenvalue weighted by atomic mass is 10.2. The Morgan fingerprint density at radius 3 is 3.09 bits per heavy atom. The van der Waals surface area contributed by atoms with Crippen LogP contribution in [-0.2, 0) is 6.42 Å². The molecule has 0 fully saturated rings. The molecule has 0 saturated heterocycles. The maximum absolute atomic E-state index is 11.3. The van der Waals surface area contributed by atoms with Crippen LogP contribution in [0.1, 0.15) is 15.2 Å². The molecule has 0 bridgehead atoms. The van der Waals surface area contributed by atoms with Gasteiger partial charge in [-0.05, 0) is 6.07 Å². The molecular formula is C7H4BrClOS. The molecule has 0 aromatic carbocycles. The van der Waals surface area contributed by atoms with Gasteiger partial charge >= 0.3 is 0 Å². The molecule has 0 saturated carbocycles. The van der Waals surface area contributed by atoms with Crippen molar-refractivity contribution in [3.05, 3.63) is 20.8 Å². The number of halogens is 2. The van der Waals surface area contributed by atoms with Gasteiger partial charge < -0.3 is 0 Å². The van der Waals surface area contributed by atoms with Crippen LogP contribution >= 0.6 is 38.9 Å². The van der Waals surface area contributed by atoms with Gasteiger partial charge in [-0.2, -0.15) is 0 Å². The van der Waals surface area contributed by atoms with Crippen LogP contribution in [0.25, 0.3) is 0 Å². The van der Waals surface area contributed by atoms with Gasteiger partial charge in [-0.3, -0.25) is 4.79 Å². The third kappa shape index (κ3) is 1.15. The van der Waals surface area contributed by atoms with Crippen molar-refractivity contribution >= 4 is 44.7 Å². The number of hydrogen-bond acceptors (Lipinski definition) is 2. The van der Waals surface area contributed by atoms with Crippen LogP contribution in [-0.4, -0.2) is 10.6 Å². The van der Waals surface area contributed by atoms with Gasteiger partial charge in [0.1, 0.15) is 0 Å². The average Bonchev–Trinajstić information content (AvgIpc) is 2.37. The number of fused-ring (bicyclic) bond motifs is 1. The Balaban J connectivity index is 2.52. The summed E-state index contributed by atoms with van der Waals surface area (Å²) < 4.78 is 0.711. The molecule has 0 amide bonds. The molecule has 0 aliphatic heterocycles. The minimum absolute atomic E-state index is 0.0129. The van der Waals surface area contributed by atoms with Crippen molar-refractivity contribution in [3.8, 4) is 0 Å². The zero-order valence-electron chi connectivity index (χ0n) is 5.43. The standard InChI is InChI=1S/C7H4BrClOS/c8-4-2-5-3(7(4)10)1-6(9)11-5/h1,4H,2H2/t4-/m0/s1. The van der Waals surface area contributed by atoms with Gasteiger partial charge in [0.15, 0.2) is 5.78 Å². The SMILES string of the molecule is O=C1c2cc(Cl)sc2C[C@@H]1Br. The van der Waals surface area contributed by atoms with Crippen molar-refractivity contribution in [1.29, 1.82) is 0 Å². The van der Waals surface area contributed by atoms with E-state index in [1.165, 1.54) is 11.3 Å². The Morgan fingerprint density at radius 1 is 1.73 bits per heavy atom. The third-order valence-electron chi connectivity index (χ3n) is 1.69. The first kappa shape index (κ1) is 7.77. The van der Waals surface area contributed by atoms with Gasteiger partial charge in [0.25, 0.3) is 0 Å². The molecular weight excluding hydrogens is 247 g/mol. The number of rotatable bonds is 0. The fourth-order valence-corrected chi connectivity index (χ4v) is 3.29. The Bertz CT molecular complexity index is 320. The van der Waals surface area contributed by atoms with E-state index >= 15 is 0 Å². The van der Waals surface area contributed by atoms with Crippen LogP contribution in [0.3, 0.4) is 0 Å². The number of Topliss-reactive ketones (excluding diaryl/α,β-unsaturated/α-hetero) is 1. The van der Waals surface area contributed by atoms with Crippen molar-refractivity contribution < 1.29 is 4.79 Å². The number of hydrogen-bond donors (Lipinski definition) is 0. The first-order valence-electron chi connectivity index (χ1n) is 3.15. The van der Waals surface area contributed by atoms with E-state index in [-0.39, 0.29) is 10.6 Å². The largest absolute Gasteiger partial charge is 0.293 e. The number of alkyl halides is 1. The Hall–Kier alpha value is 0.140. The van der Waals surface area contributed by atoms with Crippen LogP contribution < -0.4 is 0 Å². The molecule has 1 aromatic heterocycles. The molecule has 1 atom stereocenters. The molecule has 1 aliphatic carbocycles. The second-order valence-electron chi connectivity index (χ2n) is 2.42. The molecule has 1 nitrogen and oxygen atoms in total. The second kappa shape index (κ2) is 2.57. The number of carbonyl (C=O) groups excluding carboxylic acids is 1. The second-order valence-corrected chi connectivity index (χ2v) is 5.30. The highest BCUT2D eigenvalue weighted by atomic mass is 79.9. The summed E-state index contributed by atoms with van der Waals surface area (Å²) in [5, 5.41) is 0. The predicted molar refractivity (Wildman–Crippen MR) is 50.1 cm³/mol. The quantitative estimate of drug-likeness (QED) is 0.648. The van der Waals surface area contributed by atoms with E-state index in [9.17, 15) is 4.79 Å². The maximum atomic E-state index is 11.3. The van der Waals surface area contributed by atoms with Gasteiger partial charge in [-0.25, -0.2) is 0 Å². The van der Waals surface area contributed by atoms with Crippen LogP contribution in [0, 0.1) is 0 Å². The number of carbonyl (C=O) groups is 1. The minimum Gasteiger partial charge on any atom is -0.293 e. The topological polar surface area (TPSA) is 17.1 Å². The van der Waals surface area contributed by atoms with Crippen LogP contribution in [0.2, 0.25) is 4.34 Å². The van der Waals surface area contributed by atoms with E-state index in [4.69, 9.17) is 11.6 Å². The molecule has 0 spiro atoms. The molecule has 1 aromatic rings. The summed E-state index contributed by atoms with van der Waals surface area (Å²) in [5.74, 6) is 0.170. The Kier molecular flexibility index (Phi) is 1.82. The summed E-state index contributed by atoms with van der Waals surface area (Å²) in [7, 11) is 0. The van der Waals surface area contributed by atoms with E-state index in [1.54, 1.807) is 6.07 Å². The Labute approximate surface area is 81.5 Å². The first-order chi connectivity index (χ1) is 5.18. The molecule has 2 rings (SSSR count). The third-order valence-corrected chi connectivity index (χ3v) is 3.72. The lowest BCUT2D eigenvalue weighted by molar-refractivity contribution is 0.100.